The highest BCUT2D eigenvalue weighted by Gasteiger charge is 2.24. The largest absolute Gasteiger partial charge is 0.477 e. The molecular weight excluding hydrogens is 567 g/mol. The fourth-order valence-electron chi connectivity index (χ4n) is 4.49. The van der Waals surface area contributed by atoms with Crippen molar-refractivity contribution in [2.24, 2.45) is 0 Å². The smallest absolute Gasteiger partial charge is 0.354 e. The highest BCUT2D eigenvalue weighted by atomic mass is 19.1. The number of carboxylic acid groups (broad SMARTS) is 1. The summed E-state index contributed by atoms with van der Waals surface area (Å²) < 4.78 is 56.5. The Kier molecular flexibility index (Phi) is 7.39. The van der Waals surface area contributed by atoms with Crippen molar-refractivity contribution in [2.75, 3.05) is 6.61 Å². The number of pyridine rings is 2. The van der Waals surface area contributed by atoms with Gasteiger partial charge in [-0.05, 0) is 36.2 Å². The third-order valence-corrected chi connectivity index (χ3v) is 6.83. The van der Waals surface area contributed by atoms with Crippen molar-refractivity contribution in [2.45, 2.75) is 32.1 Å². The van der Waals surface area contributed by atoms with Crippen molar-refractivity contribution < 1.29 is 32.5 Å². The molecule has 43 heavy (non-hydrogen) atoms. The minimum atomic E-state index is -1.17. The molecule has 0 spiro atoms. The Morgan fingerprint density at radius 1 is 1.07 bits per heavy atom. The van der Waals surface area contributed by atoms with Crippen LogP contribution in [0, 0.1) is 28.8 Å². The van der Waals surface area contributed by atoms with Crippen LogP contribution in [0.15, 0.2) is 48.8 Å². The Labute approximate surface area is 241 Å². The van der Waals surface area contributed by atoms with Crippen LogP contribution >= 0.6 is 0 Å². The van der Waals surface area contributed by atoms with Crippen molar-refractivity contribution in [1.29, 1.82) is 5.26 Å². The Morgan fingerprint density at radius 3 is 2.60 bits per heavy atom. The summed E-state index contributed by atoms with van der Waals surface area (Å²) in [4.78, 5) is 32.1. The van der Waals surface area contributed by atoms with E-state index in [2.05, 4.69) is 24.9 Å². The molecule has 0 unspecified atom stereocenters. The number of nitrogens with zero attached hydrogens (tertiary/aromatic N) is 7. The zero-order valence-corrected chi connectivity index (χ0v) is 22.2. The molecule has 14 heteroatoms. The van der Waals surface area contributed by atoms with Gasteiger partial charge < -0.3 is 19.1 Å². The minimum absolute atomic E-state index is 0.0239. The maximum absolute atomic E-state index is 15.4. The number of hydrogen-bond donors (Lipinski definition) is 1. The molecule has 0 saturated carbocycles. The molecular formula is C29H20F3N7O4. The van der Waals surface area contributed by atoms with Gasteiger partial charge in [0.1, 0.15) is 41.3 Å². The van der Waals surface area contributed by atoms with Crippen LogP contribution < -0.4 is 4.74 Å². The average Bonchev–Trinajstić information content (AvgIpc) is 3.31. The second-order valence-corrected chi connectivity index (χ2v) is 9.65. The van der Waals surface area contributed by atoms with Gasteiger partial charge in [0, 0.05) is 24.8 Å². The predicted octanol–water partition coefficient (Wildman–Crippen LogP) is 4.23. The molecule has 4 aromatic heterocycles. The topological polar surface area (TPSA) is 149 Å². The molecule has 1 fully saturated rings. The molecule has 5 heterocycles. The monoisotopic (exact) mass is 587 g/mol. The normalized spacial score (nSPS) is 14.3. The molecule has 216 valence electrons. The lowest BCUT2D eigenvalue weighted by Crippen LogP contribution is -2.32. The number of aromatic carboxylic acids is 1. The van der Waals surface area contributed by atoms with Gasteiger partial charge in [-0.2, -0.15) is 14.6 Å². The second-order valence-electron chi connectivity index (χ2n) is 9.65. The van der Waals surface area contributed by atoms with Crippen molar-refractivity contribution in [3.8, 4) is 23.3 Å². The Hall–Kier alpha value is -5.42. The lowest BCUT2D eigenvalue weighted by atomic mass is 10.1. The minimum Gasteiger partial charge on any atom is -0.477 e. The standard InChI is InChI=1S/C29H20F3N7O4/c30-19-8-17(26-35-12-21(32)28(38-26)43-14-24-20(31)7-15(10-33)11-34-24)2-1-16(19)9-25-36-22-3-4-23(29(40)41)37-27(22)39(25)13-18-5-6-42-18/h1-4,7-8,11-12,18H,5-6,9,13-14H2,(H,40,41)/t18-/m0/s1. The van der Waals surface area contributed by atoms with Crippen molar-refractivity contribution in [1.82, 2.24) is 29.5 Å². The number of imidazole rings is 1. The zero-order chi connectivity index (χ0) is 30.1. The molecule has 1 aliphatic heterocycles. The SMILES string of the molecule is N#Cc1cnc(COc2nc(-c3ccc(Cc4nc5ccc(C(=O)O)nc5n4C[C@@H]4CCO4)c(F)c3)ncc2F)c(F)c1. The fourth-order valence-corrected chi connectivity index (χ4v) is 4.49. The predicted molar refractivity (Wildman–Crippen MR) is 142 cm³/mol. The van der Waals surface area contributed by atoms with E-state index in [4.69, 9.17) is 14.7 Å². The zero-order valence-electron chi connectivity index (χ0n) is 22.2. The number of ether oxygens (including phenoxy) is 2. The summed E-state index contributed by atoms with van der Waals surface area (Å²) in [5.41, 5.74) is 1.10. The van der Waals surface area contributed by atoms with E-state index in [1.807, 2.05) is 0 Å². The number of hydrogen-bond acceptors (Lipinski definition) is 9. The summed E-state index contributed by atoms with van der Waals surface area (Å²) in [7, 11) is 0. The third-order valence-electron chi connectivity index (χ3n) is 6.83. The first-order chi connectivity index (χ1) is 20.8. The number of aromatic nitrogens is 6. The highest BCUT2D eigenvalue weighted by molar-refractivity contribution is 5.88. The van der Waals surface area contributed by atoms with Gasteiger partial charge >= 0.3 is 5.97 Å². The maximum Gasteiger partial charge on any atom is 0.354 e. The Bertz CT molecular complexity index is 1920. The molecule has 11 nitrogen and oxygen atoms in total. The van der Waals surface area contributed by atoms with Gasteiger partial charge in [-0.1, -0.05) is 12.1 Å². The summed E-state index contributed by atoms with van der Waals surface area (Å²) >= 11 is 0. The molecule has 1 saturated heterocycles. The van der Waals surface area contributed by atoms with E-state index in [0.29, 0.717) is 30.1 Å². The molecule has 1 aromatic carbocycles. The van der Waals surface area contributed by atoms with Crippen LogP contribution in [0.2, 0.25) is 0 Å². The number of carboxylic acids is 1. The van der Waals surface area contributed by atoms with Crippen LogP contribution in [0.25, 0.3) is 22.6 Å². The van der Waals surface area contributed by atoms with E-state index in [0.717, 1.165) is 24.9 Å². The molecule has 1 aliphatic rings. The Balaban J connectivity index is 1.25. The van der Waals surface area contributed by atoms with Crippen molar-refractivity contribution in [3.63, 3.8) is 0 Å². The van der Waals surface area contributed by atoms with Gasteiger partial charge in [0.25, 0.3) is 5.88 Å². The lowest BCUT2D eigenvalue weighted by Gasteiger charge is -2.27. The summed E-state index contributed by atoms with van der Waals surface area (Å²) in [5, 5.41) is 18.2. The summed E-state index contributed by atoms with van der Waals surface area (Å²) in [6.07, 6.45) is 2.82. The average molecular weight is 588 g/mol. The molecule has 0 radical (unpaired) electrons. The van der Waals surface area contributed by atoms with Gasteiger partial charge in [-0.25, -0.2) is 28.5 Å². The molecule has 1 atom stereocenters. The third kappa shape index (κ3) is 5.70. The van der Waals surface area contributed by atoms with Gasteiger partial charge in [0.15, 0.2) is 17.2 Å². The first-order valence-electron chi connectivity index (χ1n) is 13.0. The number of halogens is 3. The van der Waals surface area contributed by atoms with E-state index >= 15 is 4.39 Å². The first kappa shape index (κ1) is 27.7. The van der Waals surface area contributed by atoms with Gasteiger partial charge in [-0.3, -0.25) is 4.98 Å². The van der Waals surface area contributed by atoms with Crippen LogP contribution in [0.5, 0.6) is 5.88 Å². The summed E-state index contributed by atoms with van der Waals surface area (Å²) in [6.45, 7) is 0.543. The van der Waals surface area contributed by atoms with Gasteiger partial charge in [0.2, 0.25) is 5.82 Å². The van der Waals surface area contributed by atoms with E-state index < -0.39 is 35.9 Å². The van der Waals surface area contributed by atoms with Crippen LogP contribution in [-0.4, -0.2) is 53.3 Å². The first-order valence-corrected chi connectivity index (χ1v) is 13.0. The van der Waals surface area contributed by atoms with Crippen LogP contribution in [0.3, 0.4) is 0 Å². The van der Waals surface area contributed by atoms with E-state index in [1.165, 1.54) is 18.2 Å². The number of benzene rings is 1. The van der Waals surface area contributed by atoms with Gasteiger partial charge in [-0.15, -0.1) is 0 Å². The number of fused-ring (bicyclic) bond motifs is 1. The molecule has 1 N–H and O–H groups in total. The molecule has 0 aliphatic carbocycles. The van der Waals surface area contributed by atoms with E-state index in [-0.39, 0.29) is 46.4 Å². The number of carbonyl (C=O) groups is 1. The summed E-state index contributed by atoms with van der Waals surface area (Å²) in [5.74, 6) is -3.52. The van der Waals surface area contributed by atoms with Gasteiger partial charge in [0.05, 0.1) is 24.4 Å². The number of rotatable bonds is 9. The lowest BCUT2D eigenvalue weighted by molar-refractivity contribution is -0.0590. The van der Waals surface area contributed by atoms with E-state index in [1.54, 1.807) is 22.8 Å². The van der Waals surface area contributed by atoms with E-state index in [9.17, 15) is 18.7 Å². The fraction of sp³-hybridized carbons (Fsp3) is 0.207. The highest BCUT2D eigenvalue weighted by Crippen LogP contribution is 2.26. The molecule has 0 amide bonds. The van der Waals surface area contributed by atoms with Crippen LogP contribution in [-0.2, 0) is 24.3 Å². The Morgan fingerprint density at radius 2 is 1.91 bits per heavy atom. The quantitative estimate of drug-likeness (QED) is 0.266. The molecule has 0 bridgehead atoms. The molecule has 5 aromatic rings. The number of nitriles is 1. The van der Waals surface area contributed by atoms with Crippen molar-refractivity contribution >= 4 is 17.1 Å². The van der Waals surface area contributed by atoms with Crippen LogP contribution in [0.4, 0.5) is 13.2 Å². The van der Waals surface area contributed by atoms with Crippen molar-refractivity contribution in [3.05, 3.63) is 94.6 Å². The van der Waals surface area contributed by atoms with Crippen LogP contribution in [0.1, 0.15) is 39.6 Å². The molecule has 6 rings (SSSR count). The second kappa shape index (κ2) is 11.5. The summed E-state index contributed by atoms with van der Waals surface area (Å²) in [6, 6.07) is 9.94. The maximum atomic E-state index is 15.4.